The molecule has 17 heavy (non-hydrogen) atoms. The van der Waals surface area contributed by atoms with E-state index in [1.807, 2.05) is 20.8 Å². The van der Waals surface area contributed by atoms with E-state index in [9.17, 15) is 9.59 Å². The van der Waals surface area contributed by atoms with Gasteiger partial charge in [0.1, 0.15) is 5.60 Å². The normalized spacial score (nSPS) is 10.5. The molecular formula is C12H22N2O3. The van der Waals surface area contributed by atoms with Gasteiger partial charge in [-0.2, -0.15) is 0 Å². The third-order valence-corrected chi connectivity index (χ3v) is 1.93. The number of carbonyl (C=O) groups is 1. The predicted molar refractivity (Wildman–Crippen MR) is 65.7 cm³/mol. The Hall–Kier alpha value is -1.35. The summed E-state index contributed by atoms with van der Waals surface area (Å²) in [7, 11) is 0. The third-order valence-electron chi connectivity index (χ3n) is 1.93. The van der Waals surface area contributed by atoms with Crippen LogP contribution in [0.2, 0.25) is 0 Å². The number of carbonyl (C=O) groups excluding carboxylic acids is 2. The fourth-order valence-corrected chi connectivity index (χ4v) is 1.22. The van der Waals surface area contributed by atoms with Gasteiger partial charge in [-0.3, -0.25) is 0 Å². The Kier molecular flexibility index (Phi) is 8.07. The number of hydrogen-bond donors (Lipinski definition) is 1. The van der Waals surface area contributed by atoms with E-state index in [2.05, 4.69) is 10.3 Å². The lowest BCUT2D eigenvalue weighted by molar-refractivity contribution is 0.0527. The Balaban J connectivity index is 3.34. The minimum Gasteiger partial charge on any atom is -0.444 e. The number of amides is 1. The van der Waals surface area contributed by atoms with Gasteiger partial charge in [0.15, 0.2) is 0 Å². The molecule has 0 unspecified atom stereocenters. The zero-order valence-electron chi connectivity index (χ0n) is 10.9. The number of rotatable bonds is 7. The lowest BCUT2D eigenvalue weighted by atomic mass is 10.2. The first-order valence-electron chi connectivity index (χ1n) is 5.96. The van der Waals surface area contributed by atoms with Gasteiger partial charge in [-0.25, -0.2) is 14.6 Å². The molecule has 0 radical (unpaired) electrons. The standard InChI is InChI=1S/C12H22N2O3/c1-12(2,3)17-11(16)14-9-7-5-4-6-8-13-10-15/h4-9H2,1-3H3,(H,14,16). The molecule has 0 aliphatic rings. The third kappa shape index (κ3) is 12.6. The Labute approximate surface area is 103 Å². The molecule has 0 heterocycles. The molecule has 0 atom stereocenters. The molecule has 0 aromatic heterocycles. The molecule has 0 saturated heterocycles. The van der Waals surface area contributed by atoms with E-state index in [1.165, 1.54) is 6.08 Å². The van der Waals surface area contributed by atoms with E-state index in [1.54, 1.807) is 0 Å². The van der Waals surface area contributed by atoms with Gasteiger partial charge in [-0.15, -0.1) is 0 Å². The molecule has 5 nitrogen and oxygen atoms in total. The molecule has 0 spiro atoms. The summed E-state index contributed by atoms with van der Waals surface area (Å²) in [6.45, 7) is 6.66. The average molecular weight is 242 g/mol. The summed E-state index contributed by atoms with van der Waals surface area (Å²) < 4.78 is 5.09. The maximum atomic E-state index is 11.2. The van der Waals surface area contributed by atoms with Crippen molar-refractivity contribution >= 4 is 12.2 Å². The molecule has 0 saturated carbocycles. The lowest BCUT2D eigenvalue weighted by Crippen LogP contribution is -2.32. The van der Waals surface area contributed by atoms with Gasteiger partial charge >= 0.3 is 6.09 Å². The summed E-state index contributed by atoms with van der Waals surface area (Å²) in [4.78, 5) is 24.5. The van der Waals surface area contributed by atoms with Crippen molar-refractivity contribution in [2.45, 2.75) is 52.1 Å². The second-order valence-corrected chi connectivity index (χ2v) is 4.82. The van der Waals surface area contributed by atoms with Crippen molar-refractivity contribution in [3.05, 3.63) is 0 Å². The molecule has 1 N–H and O–H groups in total. The summed E-state index contributed by atoms with van der Waals surface area (Å²) in [6, 6.07) is 0. The fourth-order valence-electron chi connectivity index (χ4n) is 1.22. The smallest absolute Gasteiger partial charge is 0.407 e. The zero-order chi connectivity index (χ0) is 13.1. The minimum absolute atomic E-state index is 0.372. The molecule has 0 fully saturated rings. The van der Waals surface area contributed by atoms with Crippen LogP contribution in [0.25, 0.3) is 0 Å². The fraction of sp³-hybridized carbons (Fsp3) is 0.833. The molecule has 98 valence electrons. The molecule has 1 amide bonds. The van der Waals surface area contributed by atoms with Crippen molar-refractivity contribution in [2.75, 3.05) is 13.1 Å². The summed E-state index contributed by atoms with van der Waals surface area (Å²) in [5, 5.41) is 2.69. The number of aliphatic imine (C=N–C) groups is 1. The van der Waals surface area contributed by atoms with Gasteiger partial charge in [0.2, 0.25) is 6.08 Å². The molecule has 0 aliphatic heterocycles. The van der Waals surface area contributed by atoms with Gasteiger partial charge in [-0.05, 0) is 33.6 Å². The van der Waals surface area contributed by atoms with Crippen molar-refractivity contribution in [1.82, 2.24) is 5.32 Å². The predicted octanol–water partition coefficient (Wildman–Crippen LogP) is 2.41. The minimum atomic E-state index is -0.448. The number of nitrogens with zero attached hydrogens (tertiary/aromatic N) is 1. The van der Waals surface area contributed by atoms with Crippen LogP contribution >= 0.6 is 0 Å². The molecule has 0 aromatic carbocycles. The highest BCUT2D eigenvalue weighted by Gasteiger charge is 2.15. The van der Waals surface area contributed by atoms with Gasteiger partial charge < -0.3 is 10.1 Å². The van der Waals surface area contributed by atoms with Crippen molar-refractivity contribution in [3.8, 4) is 0 Å². The van der Waals surface area contributed by atoms with Crippen molar-refractivity contribution in [1.29, 1.82) is 0 Å². The van der Waals surface area contributed by atoms with Gasteiger partial charge in [-0.1, -0.05) is 12.8 Å². The van der Waals surface area contributed by atoms with E-state index in [-0.39, 0.29) is 6.09 Å². The van der Waals surface area contributed by atoms with Crippen LogP contribution in [0.1, 0.15) is 46.5 Å². The number of alkyl carbamates (subject to hydrolysis) is 1. The topological polar surface area (TPSA) is 67.8 Å². The van der Waals surface area contributed by atoms with Crippen LogP contribution in [0.15, 0.2) is 4.99 Å². The number of ether oxygens (including phenoxy) is 1. The van der Waals surface area contributed by atoms with Crippen LogP contribution in [0.5, 0.6) is 0 Å². The second kappa shape index (κ2) is 8.76. The first-order valence-corrected chi connectivity index (χ1v) is 5.96. The summed E-state index contributed by atoms with van der Waals surface area (Å²) in [6.07, 6.45) is 4.94. The van der Waals surface area contributed by atoms with Crippen LogP contribution < -0.4 is 5.32 Å². The average Bonchev–Trinajstić information content (AvgIpc) is 2.19. The summed E-state index contributed by atoms with van der Waals surface area (Å²) >= 11 is 0. The molecule has 0 bridgehead atoms. The van der Waals surface area contributed by atoms with E-state index in [4.69, 9.17) is 4.74 Å². The Morgan fingerprint density at radius 1 is 1.24 bits per heavy atom. The molecular weight excluding hydrogens is 220 g/mol. The number of hydrogen-bond acceptors (Lipinski definition) is 4. The highest BCUT2D eigenvalue weighted by atomic mass is 16.6. The van der Waals surface area contributed by atoms with Gasteiger partial charge in [0.05, 0.1) is 6.54 Å². The lowest BCUT2D eigenvalue weighted by Gasteiger charge is -2.19. The zero-order valence-corrected chi connectivity index (χ0v) is 10.9. The first-order chi connectivity index (χ1) is 7.95. The van der Waals surface area contributed by atoms with Crippen LogP contribution in [-0.4, -0.2) is 30.9 Å². The van der Waals surface area contributed by atoms with E-state index < -0.39 is 5.60 Å². The van der Waals surface area contributed by atoms with Crippen molar-refractivity contribution < 1.29 is 14.3 Å². The summed E-state index contributed by atoms with van der Waals surface area (Å²) in [5.74, 6) is 0. The Bertz CT molecular complexity index is 265. The van der Waals surface area contributed by atoms with Crippen LogP contribution in [0, 0.1) is 0 Å². The van der Waals surface area contributed by atoms with E-state index in [0.29, 0.717) is 13.1 Å². The SMILES string of the molecule is CC(C)(C)OC(=O)NCCCCCCN=C=O. The van der Waals surface area contributed by atoms with Crippen molar-refractivity contribution in [2.24, 2.45) is 4.99 Å². The molecule has 5 heteroatoms. The quantitative estimate of drug-likeness (QED) is 0.423. The maximum absolute atomic E-state index is 11.2. The highest BCUT2D eigenvalue weighted by Crippen LogP contribution is 2.06. The maximum Gasteiger partial charge on any atom is 0.407 e. The first kappa shape index (κ1) is 15.7. The van der Waals surface area contributed by atoms with E-state index >= 15 is 0 Å². The second-order valence-electron chi connectivity index (χ2n) is 4.82. The van der Waals surface area contributed by atoms with Gasteiger partial charge in [0.25, 0.3) is 0 Å². The van der Waals surface area contributed by atoms with Crippen LogP contribution in [-0.2, 0) is 9.53 Å². The van der Waals surface area contributed by atoms with Gasteiger partial charge in [0, 0.05) is 6.54 Å². The molecule has 0 aromatic rings. The number of unbranched alkanes of at least 4 members (excludes halogenated alkanes) is 3. The largest absolute Gasteiger partial charge is 0.444 e. The van der Waals surface area contributed by atoms with Crippen molar-refractivity contribution in [3.63, 3.8) is 0 Å². The highest BCUT2D eigenvalue weighted by molar-refractivity contribution is 5.67. The number of isocyanates is 1. The molecule has 0 aliphatic carbocycles. The Morgan fingerprint density at radius 2 is 1.88 bits per heavy atom. The van der Waals surface area contributed by atoms with Crippen LogP contribution in [0.4, 0.5) is 4.79 Å². The monoisotopic (exact) mass is 242 g/mol. The number of nitrogens with one attached hydrogen (secondary N) is 1. The Morgan fingerprint density at radius 3 is 2.47 bits per heavy atom. The van der Waals surface area contributed by atoms with Crippen LogP contribution in [0.3, 0.4) is 0 Å². The summed E-state index contributed by atoms with van der Waals surface area (Å²) in [5.41, 5.74) is -0.448. The van der Waals surface area contributed by atoms with E-state index in [0.717, 1.165) is 25.7 Å². The molecule has 0 rings (SSSR count).